The highest BCUT2D eigenvalue weighted by molar-refractivity contribution is 7.89. The minimum Gasteiger partial charge on any atom is -0.396 e. The molecule has 1 saturated heterocycles. The Kier molecular flexibility index (Phi) is 6.48. The number of primary sulfonamides is 1. The van der Waals surface area contributed by atoms with Crippen LogP contribution in [0.2, 0.25) is 0 Å². The van der Waals surface area contributed by atoms with Gasteiger partial charge in [0.2, 0.25) is 0 Å². The first-order valence-corrected chi connectivity index (χ1v) is 10.8. The molecular weight excluding hydrogens is 439 g/mol. The van der Waals surface area contributed by atoms with Crippen molar-refractivity contribution in [2.45, 2.75) is 24.0 Å². The van der Waals surface area contributed by atoms with Gasteiger partial charge in [0.25, 0.3) is 15.9 Å². The number of nitrogens with two attached hydrogens (primary N) is 1. The summed E-state index contributed by atoms with van der Waals surface area (Å²) >= 11 is 0. The number of alkyl halides is 3. The number of aliphatic hydroxyl groups is 1. The van der Waals surface area contributed by atoms with E-state index in [1.165, 1.54) is 6.07 Å². The van der Waals surface area contributed by atoms with E-state index in [9.17, 15) is 31.5 Å². The van der Waals surface area contributed by atoms with Crippen molar-refractivity contribution in [1.82, 2.24) is 9.97 Å². The molecule has 1 amide bonds. The van der Waals surface area contributed by atoms with Crippen LogP contribution in [0.25, 0.3) is 0 Å². The topological polar surface area (TPSA) is 139 Å². The van der Waals surface area contributed by atoms with E-state index in [2.05, 4.69) is 15.3 Å². The van der Waals surface area contributed by atoms with Gasteiger partial charge in [-0.15, -0.1) is 0 Å². The molecule has 1 fully saturated rings. The molecule has 4 N–H and O–H groups in total. The number of carbonyl (C=O) groups excluding carboxylic acids is 1. The summed E-state index contributed by atoms with van der Waals surface area (Å²) in [6.45, 7) is 0.700. The second-order valence-electron chi connectivity index (χ2n) is 7.11. The molecule has 3 heterocycles. The zero-order valence-corrected chi connectivity index (χ0v) is 16.9. The molecule has 31 heavy (non-hydrogen) atoms. The van der Waals surface area contributed by atoms with Crippen LogP contribution in [0.1, 0.15) is 28.8 Å². The molecule has 0 aromatic carbocycles. The third kappa shape index (κ3) is 5.48. The molecular formula is C18H20F3N5O4S. The van der Waals surface area contributed by atoms with Crippen LogP contribution in [-0.2, 0) is 16.2 Å². The number of rotatable bonds is 5. The molecule has 2 aromatic rings. The fourth-order valence-electron chi connectivity index (χ4n) is 3.28. The van der Waals surface area contributed by atoms with Gasteiger partial charge in [0, 0.05) is 43.8 Å². The van der Waals surface area contributed by atoms with Gasteiger partial charge in [-0.2, -0.15) is 13.2 Å². The van der Waals surface area contributed by atoms with Crippen LogP contribution in [0, 0.1) is 5.92 Å². The number of nitrogens with one attached hydrogen (secondary N) is 1. The molecule has 0 saturated carbocycles. The van der Waals surface area contributed by atoms with Gasteiger partial charge in [-0.25, -0.2) is 23.5 Å². The van der Waals surface area contributed by atoms with Crippen LogP contribution in [0.4, 0.5) is 24.7 Å². The van der Waals surface area contributed by atoms with Crippen molar-refractivity contribution in [2.24, 2.45) is 11.1 Å². The molecule has 2 aromatic heterocycles. The number of aliphatic hydroxyl groups excluding tert-OH is 1. The lowest BCUT2D eigenvalue weighted by atomic mass is 9.98. The van der Waals surface area contributed by atoms with Gasteiger partial charge < -0.3 is 15.3 Å². The monoisotopic (exact) mass is 459 g/mol. The molecule has 168 valence electrons. The Morgan fingerprint density at radius 2 is 2.06 bits per heavy atom. The number of carbonyl (C=O) groups is 1. The Hall–Kier alpha value is -2.77. The minimum atomic E-state index is -4.71. The van der Waals surface area contributed by atoms with E-state index >= 15 is 0 Å². The van der Waals surface area contributed by atoms with Gasteiger partial charge in [0.15, 0.2) is 5.03 Å². The molecule has 1 atom stereocenters. The molecule has 13 heteroatoms. The van der Waals surface area contributed by atoms with Crippen LogP contribution in [0.5, 0.6) is 0 Å². The SMILES string of the molecule is NS(=O)(=O)c1cc(NC(=O)c2cc(C(F)(F)F)cnc2N2CCCC(CO)C2)ccn1. The first kappa shape index (κ1) is 22.9. The van der Waals surface area contributed by atoms with Crippen molar-refractivity contribution in [3.05, 3.63) is 41.7 Å². The van der Waals surface area contributed by atoms with E-state index in [4.69, 9.17) is 5.14 Å². The smallest absolute Gasteiger partial charge is 0.396 e. The number of amides is 1. The number of anilines is 2. The molecule has 1 aliphatic heterocycles. The largest absolute Gasteiger partial charge is 0.417 e. The zero-order chi connectivity index (χ0) is 22.8. The molecule has 0 radical (unpaired) electrons. The third-order valence-corrected chi connectivity index (χ3v) is 5.61. The summed E-state index contributed by atoms with van der Waals surface area (Å²) in [6, 6.07) is 2.97. The number of aromatic nitrogens is 2. The number of nitrogens with zero attached hydrogens (tertiary/aromatic N) is 3. The summed E-state index contributed by atoms with van der Waals surface area (Å²) in [4.78, 5) is 22.0. The second kappa shape index (κ2) is 8.77. The number of hydrogen-bond donors (Lipinski definition) is 3. The maximum Gasteiger partial charge on any atom is 0.417 e. The summed E-state index contributed by atoms with van der Waals surface area (Å²) in [7, 11) is -4.14. The summed E-state index contributed by atoms with van der Waals surface area (Å²) in [6.07, 6.45) is -1.54. The van der Waals surface area contributed by atoms with E-state index < -0.39 is 32.7 Å². The van der Waals surface area contributed by atoms with Gasteiger partial charge in [-0.05, 0) is 30.9 Å². The number of hydrogen-bond acceptors (Lipinski definition) is 7. The summed E-state index contributed by atoms with van der Waals surface area (Å²) in [5.74, 6) is -0.957. The first-order valence-electron chi connectivity index (χ1n) is 9.22. The quantitative estimate of drug-likeness (QED) is 0.617. The Morgan fingerprint density at radius 3 is 2.71 bits per heavy atom. The molecule has 3 rings (SSSR count). The lowest BCUT2D eigenvalue weighted by molar-refractivity contribution is -0.137. The highest BCUT2D eigenvalue weighted by Gasteiger charge is 2.34. The molecule has 0 bridgehead atoms. The Labute approximate surface area is 176 Å². The van der Waals surface area contributed by atoms with Crippen molar-refractivity contribution < 1.29 is 31.5 Å². The van der Waals surface area contributed by atoms with Crippen LogP contribution in [-0.4, -0.2) is 49.1 Å². The molecule has 0 spiro atoms. The average molecular weight is 459 g/mol. The summed E-state index contributed by atoms with van der Waals surface area (Å²) in [5.41, 5.74) is -1.45. The first-order chi connectivity index (χ1) is 14.5. The van der Waals surface area contributed by atoms with Crippen LogP contribution in [0.3, 0.4) is 0 Å². The highest BCUT2D eigenvalue weighted by atomic mass is 32.2. The van der Waals surface area contributed by atoms with Crippen molar-refractivity contribution in [3.8, 4) is 0 Å². The summed E-state index contributed by atoms with van der Waals surface area (Å²) < 4.78 is 62.6. The van der Waals surface area contributed by atoms with Crippen molar-refractivity contribution in [2.75, 3.05) is 29.9 Å². The molecule has 1 aliphatic rings. The Balaban J connectivity index is 1.98. The minimum absolute atomic E-state index is 0.0146. The van der Waals surface area contributed by atoms with Crippen LogP contribution in [0.15, 0.2) is 35.6 Å². The van der Waals surface area contributed by atoms with Crippen molar-refractivity contribution in [3.63, 3.8) is 0 Å². The predicted molar refractivity (Wildman–Crippen MR) is 105 cm³/mol. The van der Waals surface area contributed by atoms with Gasteiger partial charge in [0.05, 0.1) is 11.1 Å². The van der Waals surface area contributed by atoms with Gasteiger partial charge in [-0.3, -0.25) is 4.79 Å². The second-order valence-corrected chi connectivity index (χ2v) is 8.62. The lowest BCUT2D eigenvalue weighted by Crippen LogP contribution is -2.38. The van der Waals surface area contributed by atoms with E-state index in [-0.39, 0.29) is 29.6 Å². The average Bonchev–Trinajstić information content (AvgIpc) is 2.72. The fourth-order valence-corrected chi connectivity index (χ4v) is 3.78. The van der Waals surface area contributed by atoms with Gasteiger partial charge in [-0.1, -0.05) is 0 Å². The van der Waals surface area contributed by atoms with E-state index in [1.807, 2.05) is 0 Å². The number of halogens is 3. The highest BCUT2D eigenvalue weighted by Crippen LogP contribution is 2.33. The maximum atomic E-state index is 13.2. The number of pyridine rings is 2. The van der Waals surface area contributed by atoms with Gasteiger partial charge >= 0.3 is 6.18 Å². The third-order valence-electron chi connectivity index (χ3n) is 4.80. The van der Waals surface area contributed by atoms with E-state index in [0.29, 0.717) is 31.8 Å². The molecule has 9 nitrogen and oxygen atoms in total. The number of sulfonamides is 1. The van der Waals surface area contributed by atoms with Gasteiger partial charge in [0.1, 0.15) is 5.82 Å². The van der Waals surface area contributed by atoms with E-state index in [1.54, 1.807) is 4.90 Å². The predicted octanol–water partition coefficient (Wildman–Crippen LogP) is 1.60. The van der Waals surface area contributed by atoms with E-state index in [0.717, 1.165) is 18.7 Å². The normalized spacial score (nSPS) is 17.5. The molecule has 1 unspecified atom stereocenters. The number of piperidine rings is 1. The fraction of sp³-hybridized carbons (Fsp3) is 0.389. The zero-order valence-electron chi connectivity index (χ0n) is 16.1. The lowest BCUT2D eigenvalue weighted by Gasteiger charge is -2.33. The van der Waals surface area contributed by atoms with Crippen molar-refractivity contribution in [1.29, 1.82) is 0 Å². The Morgan fingerprint density at radius 1 is 1.32 bits per heavy atom. The molecule has 0 aliphatic carbocycles. The summed E-state index contributed by atoms with van der Waals surface area (Å²) in [5, 5.41) is 16.3. The maximum absolute atomic E-state index is 13.2. The van der Waals surface area contributed by atoms with Crippen LogP contribution < -0.4 is 15.4 Å². The Bertz CT molecular complexity index is 1080. The van der Waals surface area contributed by atoms with Crippen LogP contribution >= 0.6 is 0 Å². The standard InChI is InChI=1S/C18H20F3N5O4S/c19-18(20,21)12-6-14(16(24-8-12)26-5-1-2-11(9-26)10-27)17(28)25-13-3-4-23-15(7-13)31(22,29)30/h3-4,6-8,11,27H,1-2,5,9-10H2,(H2,22,29,30)(H,23,25,28). The van der Waals surface area contributed by atoms with Crippen molar-refractivity contribution >= 4 is 27.4 Å².